The molecule has 4 heteroatoms. The first-order valence-electron chi connectivity index (χ1n) is 2.47. The van der Waals surface area contributed by atoms with Gasteiger partial charge in [0.1, 0.15) is 0 Å². The second-order valence-electron chi connectivity index (χ2n) is 1.70. The van der Waals surface area contributed by atoms with Gasteiger partial charge in [0.2, 0.25) is 5.91 Å². The molecule has 1 unspecified atom stereocenters. The lowest BCUT2D eigenvalue weighted by atomic mass is 10.3. The second kappa shape index (κ2) is 2.37. The summed E-state index contributed by atoms with van der Waals surface area (Å²) in [5, 5.41) is 5.60. The van der Waals surface area contributed by atoms with Crippen molar-refractivity contribution < 1.29 is 4.79 Å². The third-order valence-electron chi connectivity index (χ3n) is 1.00. The Bertz CT molecular complexity index is 106. The number of carbonyl (C=O) groups excluding carboxylic acids is 1. The van der Waals surface area contributed by atoms with Crippen LogP contribution in [0.4, 0.5) is 0 Å². The highest BCUT2D eigenvalue weighted by molar-refractivity contribution is 7.80. The lowest BCUT2D eigenvalue weighted by Crippen LogP contribution is -2.45. The zero-order chi connectivity index (χ0) is 5.98. The van der Waals surface area contributed by atoms with Crippen LogP contribution in [0.2, 0.25) is 0 Å². The van der Waals surface area contributed by atoms with E-state index in [2.05, 4.69) is 23.3 Å². The maximum atomic E-state index is 10.5. The van der Waals surface area contributed by atoms with Crippen molar-refractivity contribution in [3.05, 3.63) is 0 Å². The minimum atomic E-state index is 0.0451. The van der Waals surface area contributed by atoms with Gasteiger partial charge in [-0.2, -0.15) is 12.6 Å². The third kappa shape index (κ3) is 1.38. The van der Waals surface area contributed by atoms with Crippen LogP contribution in [-0.4, -0.2) is 17.9 Å². The first-order valence-corrected chi connectivity index (χ1v) is 2.99. The molecule has 1 rings (SSSR count). The molecule has 8 heavy (non-hydrogen) atoms. The van der Waals surface area contributed by atoms with E-state index in [-0.39, 0.29) is 11.3 Å². The summed E-state index contributed by atoms with van der Waals surface area (Å²) >= 11 is 4.05. The number of hydrogen-bond acceptors (Lipinski definition) is 3. The van der Waals surface area contributed by atoms with Crippen LogP contribution < -0.4 is 10.6 Å². The van der Waals surface area contributed by atoms with Crippen LogP contribution in [0.5, 0.6) is 0 Å². The van der Waals surface area contributed by atoms with Crippen molar-refractivity contribution in [2.45, 2.75) is 11.8 Å². The molecule has 1 atom stereocenters. The summed E-state index contributed by atoms with van der Waals surface area (Å²) in [6, 6.07) is 0. The normalized spacial score (nSPS) is 29.6. The molecule has 1 saturated heterocycles. The van der Waals surface area contributed by atoms with Gasteiger partial charge >= 0.3 is 0 Å². The number of carbonyl (C=O) groups is 1. The summed E-state index contributed by atoms with van der Waals surface area (Å²) < 4.78 is 0. The molecule has 0 saturated carbocycles. The second-order valence-corrected chi connectivity index (χ2v) is 2.32. The van der Waals surface area contributed by atoms with E-state index < -0.39 is 0 Å². The van der Waals surface area contributed by atoms with Gasteiger partial charge in [0.15, 0.2) is 0 Å². The Kier molecular flexibility index (Phi) is 1.75. The number of thiol groups is 1. The molecule has 3 nitrogen and oxygen atoms in total. The molecule has 0 spiro atoms. The van der Waals surface area contributed by atoms with E-state index in [0.717, 1.165) is 0 Å². The van der Waals surface area contributed by atoms with E-state index in [0.29, 0.717) is 13.1 Å². The maximum Gasteiger partial charge on any atom is 0.223 e. The molecule has 2 N–H and O–H groups in total. The van der Waals surface area contributed by atoms with E-state index in [4.69, 9.17) is 0 Å². The lowest BCUT2D eigenvalue weighted by Gasteiger charge is -2.18. The Morgan fingerprint density at radius 1 is 1.75 bits per heavy atom. The van der Waals surface area contributed by atoms with Crippen molar-refractivity contribution in [1.82, 2.24) is 10.6 Å². The Morgan fingerprint density at radius 2 is 2.50 bits per heavy atom. The van der Waals surface area contributed by atoms with Crippen LogP contribution in [0.3, 0.4) is 0 Å². The largest absolute Gasteiger partial charge is 0.343 e. The molecular formula is C4H8N2OS. The molecule has 0 aromatic rings. The summed E-state index contributed by atoms with van der Waals surface area (Å²) in [6.45, 7) is 0.549. The Balaban J connectivity index is 2.34. The number of hydrogen-bond donors (Lipinski definition) is 3. The SMILES string of the molecule is O=C1CC(S)NCN1. The average Bonchev–Trinajstić information content (AvgIpc) is 1.64. The molecule has 1 heterocycles. The van der Waals surface area contributed by atoms with E-state index in [9.17, 15) is 4.79 Å². The van der Waals surface area contributed by atoms with Crippen LogP contribution in [0, 0.1) is 0 Å². The van der Waals surface area contributed by atoms with Crippen LogP contribution >= 0.6 is 12.6 Å². The first-order chi connectivity index (χ1) is 3.79. The van der Waals surface area contributed by atoms with Crippen LogP contribution in [0.15, 0.2) is 0 Å². The van der Waals surface area contributed by atoms with Crippen molar-refractivity contribution in [2.24, 2.45) is 0 Å². The van der Waals surface area contributed by atoms with Gasteiger partial charge in [-0.15, -0.1) is 0 Å². The predicted molar refractivity (Wildman–Crippen MR) is 33.5 cm³/mol. The van der Waals surface area contributed by atoms with Gasteiger partial charge in [-0.3, -0.25) is 10.1 Å². The van der Waals surface area contributed by atoms with Crippen LogP contribution in [-0.2, 0) is 4.79 Å². The summed E-state index contributed by atoms with van der Waals surface area (Å²) in [6.07, 6.45) is 0.475. The summed E-state index contributed by atoms with van der Waals surface area (Å²) in [5.41, 5.74) is 0. The molecular weight excluding hydrogens is 124 g/mol. The number of amides is 1. The Hall–Kier alpha value is -0.220. The fraction of sp³-hybridized carbons (Fsp3) is 0.750. The highest BCUT2D eigenvalue weighted by atomic mass is 32.1. The highest BCUT2D eigenvalue weighted by Gasteiger charge is 2.12. The quantitative estimate of drug-likeness (QED) is 0.382. The molecule has 0 aromatic heterocycles. The van der Waals surface area contributed by atoms with Crippen molar-refractivity contribution in [3.63, 3.8) is 0 Å². The van der Waals surface area contributed by atoms with Crippen molar-refractivity contribution in [2.75, 3.05) is 6.67 Å². The number of nitrogens with one attached hydrogen (secondary N) is 2. The van der Waals surface area contributed by atoms with Gasteiger partial charge in [-0.05, 0) is 0 Å². The highest BCUT2D eigenvalue weighted by Crippen LogP contribution is 1.98. The monoisotopic (exact) mass is 132 g/mol. The summed E-state index contributed by atoms with van der Waals surface area (Å²) in [5.74, 6) is 0.0729. The third-order valence-corrected chi connectivity index (χ3v) is 1.37. The molecule has 1 fully saturated rings. The molecule has 46 valence electrons. The van der Waals surface area contributed by atoms with Gasteiger partial charge < -0.3 is 5.32 Å². The summed E-state index contributed by atoms with van der Waals surface area (Å²) in [4.78, 5) is 10.5. The molecule has 0 bridgehead atoms. The van der Waals surface area contributed by atoms with Crippen molar-refractivity contribution in [1.29, 1.82) is 0 Å². The molecule has 1 aliphatic heterocycles. The first kappa shape index (κ1) is 5.91. The Labute approximate surface area is 53.2 Å². The summed E-state index contributed by atoms with van der Waals surface area (Å²) in [7, 11) is 0. The van der Waals surface area contributed by atoms with Gasteiger partial charge in [-0.25, -0.2) is 0 Å². The van der Waals surface area contributed by atoms with Crippen LogP contribution in [0.25, 0.3) is 0 Å². The Morgan fingerprint density at radius 3 is 2.88 bits per heavy atom. The van der Waals surface area contributed by atoms with Gasteiger partial charge in [0.25, 0.3) is 0 Å². The van der Waals surface area contributed by atoms with Gasteiger partial charge in [-0.1, -0.05) is 0 Å². The topological polar surface area (TPSA) is 41.1 Å². The fourth-order valence-electron chi connectivity index (χ4n) is 0.587. The zero-order valence-corrected chi connectivity index (χ0v) is 5.24. The standard InChI is InChI=1S/C4H8N2OS/c7-3-1-4(8)6-2-5-3/h4,6,8H,1-2H2,(H,5,7). The van der Waals surface area contributed by atoms with E-state index in [1.165, 1.54) is 0 Å². The zero-order valence-electron chi connectivity index (χ0n) is 4.35. The fourth-order valence-corrected chi connectivity index (χ4v) is 0.844. The van der Waals surface area contributed by atoms with Crippen molar-refractivity contribution >= 4 is 18.5 Å². The van der Waals surface area contributed by atoms with Gasteiger partial charge in [0, 0.05) is 0 Å². The molecule has 1 aliphatic rings. The minimum absolute atomic E-state index is 0.0451. The molecule has 1 amide bonds. The maximum absolute atomic E-state index is 10.5. The van der Waals surface area contributed by atoms with Crippen molar-refractivity contribution in [3.8, 4) is 0 Å². The average molecular weight is 132 g/mol. The molecule has 0 aliphatic carbocycles. The van der Waals surface area contributed by atoms with E-state index >= 15 is 0 Å². The lowest BCUT2D eigenvalue weighted by molar-refractivity contribution is -0.122. The molecule has 0 aromatic carbocycles. The predicted octanol–water partition coefficient (Wildman–Crippen LogP) is -0.691. The number of rotatable bonds is 0. The van der Waals surface area contributed by atoms with Crippen LogP contribution in [0.1, 0.15) is 6.42 Å². The minimum Gasteiger partial charge on any atom is -0.343 e. The van der Waals surface area contributed by atoms with E-state index in [1.54, 1.807) is 0 Å². The van der Waals surface area contributed by atoms with E-state index in [1.807, 2.05) is 0 Å². The molecule has 0 radical (unpaired) electrons. The van der Waals surface area contributed by atoms with Gasteiger partial charge in [0.05, 0.1) is 18.5 Å². The smallest absolute Gasteiger partial charge is 0.223 e.